The number of nitrogens with one attached hydrogen (secondary N) is 2. The van der Waals surface area contributed by atoms with Crippen molar-refractivity contribution in [3.05, 3.63) is 24.4 Å². The van der Waals surface area contributed by atoms with Crippen LogP contribution in [-0.2, 0) is 14.8 Å². The highest BCUT2D eigenvalue weighted by Crippen LogP contribution is 2.24. The number of hydrogen-bond donors (Lipinski definition) is 3. The molecular formula is C13H19N3O3S. The van der Waals surface area contributed by atoms with Crippen molar-refractivity contribution >= 4 is 26.6 Å². The number of nitrogens with two attached hydrogens (primary N) is 1. The summed E-state index contributed by atoms with van der Waals surface area (Å²) in [6.07, 6.45) is 3.04. The first-order valence-corrected chi connectivity index (χ1v) is 7.88. The lowest BCUT2D eigenvalue weighted by Crippen LogP contribution is -2.24. The van der Waals surface area contributed by atoms with Crippen LogP contribution < -0.4 is 10.5 Å². The number of hydrogen-bond acceptors (Lipinski definition) is 4. The smallest absolute Gasteiger partial charge is 0.242 e. The van der Waals surface area contributed by atoms with Crippen LogP contribution in [0.3, 0.4) is 0 Å². The summed E-state index contributed by atoms with van der Waals surface area (Å²) in [4.78, 5) is 3.17. The number of rotatable bonds is 7. The quantitative estimate of drug-likeness (QED) is 0.532. The second kappa shape index (κ2) is 6.25. The van der Waals surface area contributed by atoms with E-state index in [9.17, 15) is 8.42 Å². The fourth-order valence-electron chi connectivity index (χ4n) is 1.99. The molecule has 110 valence electrons. The van der Waals surface area contributed by atoms with Gasteiger partial charge >= 0.3 is 0 Å². The van der Waals surface area contributed by atoms with E-state index < -0.39 is 10.0 Å². The SMILES string of the molecule is COCCCCNS(=O)(=O)c1c[nH]c2ccc(N)cc12. The molecule has 0 aliphatic rings. The van der Waals surface area contributed by atoms with Gasteiger partial charge in [0, 0.05) is 43.0 Å². The molecule has 1 aromatic carbocycles. The Morgan fingerprint density at radius 2 is 2.15 bits per heavy atom. The van der Waals surface area contributed by atoms with E-state index in [4.69, 9.17) is 10.5 Å². The highest BCUT2D eigenvalue weighted by molar-refractivity contribution is 7.89. The molecule has 0 unspecified atom stereocenters. The van der Waals surface area contributed by atoms with E-state index in [0.29, 0.717) is 24.2 Å². The Hall–Kier alpha value is -1.57. The zero-order valence-corrected chi connectivity index (χ0v) is 12.2. The minimum absolute atomic E-state index is 0.228. The predicted octanol–water partition coefficient (Wildman–Crippen LogP) is 1.46. The number of methoxy groups -OCH3 is 1. The first-order chi connectivity index (χ1) is 9.54. The van der Waals surface area contributed by atoms with Gasteiger partial charge in [0.25, 0.3) is 0 Å². The summed E-state index contributed by atoms with van der Waals surface area (Å²) in [5, 5.41) is 0.606. The molecule has 0 saturated carbocycles. The average molecular weight is 297 g/mol. The van der Waals surface area contributed by atoms with E-state index >= 15 is 0 Å². The average Bonchev–Trinajstić information content (AvgIpc) is 2.82. The molecule has 0 bridgehead atoms. The van der Waals surface area contributed by atoms with Crippen LogP contribution >= 0.6 is 0 Å². The fourth-order valence-corrected chi connectivity index (χ4v) is 3.23. The second-order valence-electron chi connectivity index (χ2n) is 4.56. The number of ether oxygens (including phenoxy) is 1. The lowest BCUT2D eigenvalue weighted by Gasteiger charge is -2.05. The van der Waals surface area contributed by atoms with Crippen LogP contribution in [0.1, 0.15) is 12.8 Å². The maximum absolute atomic E-state index is 12.2. The minimum Gasteiger partial charge on any atom is -0.399 e. The normalized spacial score (nSPS) is 12.1. The van der Waals surface area contributed by atoms with Crippen LogP contribution in [0.25, 0.3) is 10.9 Å². The lowest BCUT2D eigenvalue weighted by atomic mass is 10.2. The van der Waals surface area contributed by atoms with E-state index in [2.05, 4.69) is 9.71 Å². The topological polar surface area (TPSA) is 97.2 Å². The van der Waals surface area contributed by atoms with Crippen molar-refractivity contribution in [2.24, 2.45) is 0 Å². The molecule has 0 saturated heterocycles. The molecular weight excluding hydrogens is 278 g/mol. The number of nitrogen functional groups attached to an aromatic ring is 1. The number of benzene rings is 1. The Kier molecular flexibility index (Phi) is 4.64. The molecule has 0 fully saturated rings. The molecule has 6 nitrogen and oxygen atoms in total. The van der Waals surface area contributed by atoms with Crippen LogP contribution in [0.4, 0.5) is 5.69 Å². The summed E-state index contributed by atoms with van der Waals surface area (Å²) < 4.78 is 32.0. The molecule has 0 amide bonds. The van der Waals surface area contributed by atoms with Gasteiger partial charge in [0.2, 0.25) is 10.0 Å². The van der Waals surface area contributed by atoms with Gasteiger partial charge in [-0.1, -0.05) is 0 Å². The van der Waals surface area contributed by atoms with Crippen LogP contribution in [0.5, 0.6) is 0 Å². The third-order valence-electron chi connectivity index (χ3n) is 3.02. The van der Waals surface area contributed by atoms with Crippen molar-refractivity contribution in [1.82, 2.24) is 9.71 Å². The highest BCUT2D eigenvalue weighted by atomic mass is 32.2. The van der Waals surface area contributed by atoms with Crippen LogP contribution in [0.15, 0.2) is 29.3 Å². The third kappa shape index (κ3) is 3.30. The standard InChI is InChI=1S/C13H19N3O3S/c1-19-7-3-2-6-16-20(17,18)13-9-15-12-5-4-10(14)8-11(12)13/h4-5,8-9,15-16H,2-3,6-7,14H2,1H3. The number of aromatic amines is 1. The number of anilines is 1. The molecule has 0 aliphatic heterocycles. The number of unbranched alkanes of at least 4 members (excludes halogenated alkanes) is 1. The first kappa shape index (κ1) is 14.8. The van der Waals surface area contributed by atoms with Gasteiger partial charge in [-0.3, -0.25) is 0 Å². The summed E-state index contributed by atoms with van der Waals surface area (Å²) >= 11 is 0. The van der Waals surface area contributed by atoms with Crippen molar-refractivity contribution in [3.8, 4) is 0 Å². The van der Waals surface area contributed by atoms with Gasteiger partial charge in [-0.05, 0) is 31.0 Å². The van der Waals surface area contributed by atoms with Crippen LogP contribution in [-0.4, -0.2) is 33.7 Å². The van der Waals surface area contributed by atoms with Gasteiger partial charge in [-0.2, -0.15) is 0 Å². The molecule has 0 atom stereocenters. The minimum atomic E-state index is -3.53. The van der Waals surface area contributed by atoms with Crippen LogP contribution in [0.2, 0.25) is 0 Å². The maximum Gasteiger partial charge on any atom is 0.242 e. The molecule has 0 aliphatic carbocycles. The molecule has 4 N–H and O–H groups in total. The molecule has 0 radical (unpaired) electrons. The van der Waals surface area contributed by atoms with Gasteiger partial charge in [0.1, 0.15) is 4.90 Å². The molecule has 7 heteroatoms. The molecule has 0 spiro atoms. The monoisotopic (exact) mass is 297 g/mol. The van der Waals surface area contributed by atoms with Gasteiger partial charge in [-0.25, -0.2) is 13.1 Å². The van der Waals surface area contributed by atoms with E-state index in [1.165, 1.54) is 6.20 Å². The third-order valence-corrected chi connectivity index (χ3v) is 4.53. The highest BCUT2D eigenvalue weighted by Gasteiger charge is 2.18. The van der Waals surface area contributed by atoms with E-state index in [1.807, 2.05) is 0 Å². The van der Waals surface area contributed by atoms with E-state index in [-0.39, 0.29) is 4.90 Å². The summed E-state index contributed by atoms with van der Waals surface area (Å²) in [5.74, 6) is 0. The second-order valence-corrected chi connectivity index (χ2v) is 6.29. The first-order valence-electron chi connectivity index (χ1n) is 6.40. The van der Waals surface area contributed by atoms with Gasteiger partial charge < -0.3 is 15.5 Å². The Balaban J connectivity index is 2.13. The number of sulfonamides is 1. The summed E-state index contributed by atoms with van der Waals surface area (Å²) in [6, 6.07) is 5.15. The summed E-state index contributed by atoms with van der Waals surface area (Å²) in [7, 11) is -1.90. The molecule has 2 rings (SSSR count). The lowest BCUT2D eigenvalue weighted by molar-refractivity contribution is 0.193. The fraction of sp³-hybridized carbons (Fsp3) is 0.385. The Bertz CT molecular complexity index is 679. The Morgan fingerprint density at radius 3 is 2.90 bits per heavy atom. The number of aromatic nitrogens is 1. The van der Waals surface area contributed by atoms with Gasteiger partial charge in [-0.15, -0.1) is 0 Å². The van der Waals surface area contributed by atoms with Crippen molar-refractivity contribution in [1.29, 1.82) is 0 Å². The van der Waals surface area contributed by atoms with Crippen molar-refractivity contribution in [2.75, 3.05) is 26.0 Å². The molecule has 2 aromatic rings. The van der Waals surface area contributed by atoms with Gasteiger partial charge in [0.15, 0.2) is 0 Å². The maximum atomic E-state index is 12.2. The van der Waals surface area contributed by atoms with E-state index in [0.717, 1.165) is 18.4 Å². The number of H-pyrrole nitrogens is 1. The molecule has 1 aromatic heterocycles. The van der Waals surface area contributed by atoms with E-state index in [1.54, 1.807) is 25.3 Å². The Morgan fingerprint density at radius 1 is 1.35 bits per heavy atom. The van der Waals surface area contributed by atoms with Crippen molar-refractivity contribution < 1.29 is 13.2 Å². The summed E-state index contributed by atoms with van der Waals surface area (Å²) in [6.45, 7) is 1.02. The zero-order chi connectivity index (χ0) is 14.6. The summed E-state index contributed by atoms with van der Waals surface area (Å²) in [5.41, 5.74) is 6.99. The van der Waals surface area contributed by atoms with Crippen molar-refractivity contribution in [3.63, 3.8) is 0 Å². The largest absolute Gasteiger partial charge is 0.399 e. The van der Waals surface area contributed by atoms with Crippen LogP contribution in [0, 0.1) is 0 Å². The zero-order valence-electron chi connectivity index (χ0n) is 11.3. The predicted molar refractivity (Wildman–Crippen MR) is 79.0 cm³/mol. The Labute approximate surface area is 118 Å². The molecule has 1 heterocycles. The number of fused-ring (bicyclic) bond motifs is 1. The van der Waals surface area contributed by atoms with Crippen molar-refractivity contribution in [2.45, 2.75) is 17.7 Å². The molecule has 20 heavy (non-hydrogen) atoms. The van der Waals surface area contributed by atoms with Gasteiger partial charge in [0.05, 0.1) is 0 Å².